The minimum atomic E-state index is -0.339. The third-order valence-electron chi connectivity index (χ3n) is 6.77. The van der Waals surface area contributed by atoms with Crippen LogP contribution in [-0.2, 0) is 37.1 Å². The summed E-state index contributed by atoms with van der Waals surface area (Å²) >= 11 is 3.35. The molecule has 2 aliphatic heterocycles. The molecule has 0 bridgehead atoms. The quantitative estimate of drug-likeness (QED) is 0.489. The van der Waals surface area contributed by atoms with Gasteiger partial charge in [0.15, 0.2) is 0 Å². The highest BCUT2D eigenvalue weighted by atomic mass is 32.1. The van der Waals surface area contributed by atoms with Crippen LogP contribution in [0.25, 0.3) is 0 Å². The summed E-state index contributed by atoms with van der Waals surface area (Å²) in [6.07, 6.45) is 10.4. The molecule has 1 aliphatic carbocycles. The molecule has 0 spiro atoms. The Kier molecular flexibility index (Phi) is 6.94. The van der Waals surface area contributed by atoms with E-state index in [1.807, 2.05) is 18.3 Å². The average molecular weight is 501 g/mol. The van der Waals surface area contributed by atoms with Crippen LogP contribution >= 0.6 is 22.7 Å². The number of fused-ring (bicyclic) bond motifs is 2. The Morgan fingerprint density at radius 2 is 2.03 bits per heavy atom. The van der Waals surface area contributed by atoms with E-state index < -0.39 is 0 Å². The van der Waals surface area contributed by atoms with Crippen molar-refractivity contribution < 1.29 is 14.3 Å². The Bertz CT molecular complexity index is 1120. The van der Waals surface area contributed by atoms with Gasteiger partial charge in [-0.05, 0) is 70.0 Å². The molecule has 7 nitrogen and oxygen atoms in total. The number of amides is 2. The topological polar surface area (TPSA) is 82.7 Å². The van der Waals surface area contributed by atoms with E-state index in [-0.39, 0.29) is 12.0 Å². The molecule has 34 heavy (non-hydrogen) atoms. The van der Waals surface area contributed by atoms with Crippen molar-refractivity contribution in [3.63, 3.8) is 0 Å². The van der Waals surface area contributed by atoms with E-state index in [4.69, 9.17) is 4.74 Å². The molecular weight excluding hydrogens is 468 g/mol. The molecule has 2 aromatic heterocycles. The van der Waals surface area contributed by atoms with Crippen molar-refractivity contribution in [3.05, 3.63) is 44.3 Å². The van der Waals surface area contributed by atoms with E-state index in [9.17, 15) is 9.59 Å². The first-order valence-corrected chi connectivity index (χ1v) is 13.9. The van der Waals surface area contributed by atoms with Gasteiger partial charge in [-0.25, -0.2) is 9.59 Å². The molecule has 1 atom stereocenters. The number of hydrogen-bond donors (Lipinski definition) is 3. The predicted molar refractivity (Wildman–Crippen MR) is 138 cm³/mol. The van der Waals surface area contributed by atoms with Crippen molar-refractivity contribution in [1.82, 2.24) is 10.6 Å². The van der Waals surface area contributed by atoms with Crippen molar-refractivity contribution in [2.24, 2.45) is 0 Å². The first-order chi connectivity index (χ1) is 16.6. The Labute approximate surface area is 208 Å². The second kappa shape index (κ2) is 10.1. The summed E-state index contributed by atoms with van der Waals surface area (Å²) in [5.41, 5.74) is 4.19. The molecule has 5 rings (SSSR count). The van der Waals surface area contributed by atoms with E-state index in [1.165, 1.54) is 37.2 Å². The summed E-state index contributed by atoms with van der Waals surface area (Å²) in [5.74, 6) is -0.339. The summed E-state index contributed by atoms with van der Waals surface area (Å²) < 4.78 is 5.32. The van der Waals surface area contributed by atoms with E-state index in [2.05, 4.69) is 40.0 Å². The number of ether oxygens (including phenoxy) is 1. The minimum absolute atomic E-state index is 0.283. The van der Waals surface area contributed by atoms with Crippen LogP contribution < -0.4 is 20.9 Å². The predicted octanol–water partition coefficient (Wildman–Crippen LogP) is 4.94. The standard InChI is InChI=1S/C25H32N4O3S2/c1-3-32-24(30)21-17-8-4-5-9-19(17)33-22(21)28-25(31)27-13-18-16-10-11-26-14-20(16)34-23(18)29-12-6-7-15(29)2/h6,12,15,26H,3-5,7-11,13-14H2,1-2H3,(H2,27,28,31). The second-order valence-corrected chi connectivity index (χ2v) is 11.2. The number of nitrogens with zero attached hydrogens (tertiary/aromatic N) is 1. The molecule has 0 radical (unpaired) electrons. The SMILES string of the molecule is CCOC(=O)c1c(NC(=O)NCc2c(N3C=CCC3C)sc3c2CCNC3)sc2c1CCCC2. The van der Waals surface area contributed by atoms with Crippen molar-refractivity contribution in [3.8, 4) is 0 Å². The largest absolute Gasteiger partial charge is 0.462 e. The summed E-state index contributed by atoms with van der Waals surface area (Å²) in [7, 11) is 0. The number of nitrogens with one attached hydrogen (secondary N) is 3. The second-order valence-electron chi connectivity index (χ2n) is 9.03. The monoisotopic (exact) mass is 500 g/mol. The van der Waals surface area contributed by atoms with Crippen LogP contribution in [0.5, 0.6) is 0 Å². The van der Waals surface area contributed by atoms with Crippen molar-refractivity contribution in [2.75, 3.05) is 23.4 Å². The Balaban J connectivity index is 1.35. The number of thiophene rings is 2. The lowest BCUT2D eigenvalue weighted by molar-refractivity contribution is 0.0526. The Morgan fingerprint density at radius 3 is 2.82 bits per heavy atom. The number of esters is 1. The maximum Gasteiger partial charge on any atom is 0.341 e. The summed E-state index contributed by atoms with van der Waals surface area (Å²) in [6.45, 7) is 6.66. The fourth-order valence-electron chi connectivity index (χ4n) is 5.07. The number of hydrogen-bond acceptors (Lipinski definition) is 7. The third-order valence-corrected chi connectivity index (χ3v) is 9.27. The van der Waals surface area contributed by atoms with E-state index in [0.717, 1.165) is 57.2 Å². The lowest BCUT2D eigenvalue weighted by Crippen LogP contribution is -2.31. The molecule has 0 saturated carbocycles. The highest BCUT2D eigenvalue weighted by Crippen LogP contribution is 2.41. The molecule has 3 N–H and O–H groups in total. The Morgan fingerprint density at radius 1 is 1.18 bits per heavy atom. The normalized spacial score (nSPS) is 19.0. The van der Waals surface area contributed by atoms with Crippen LogP contribution in [0.4, 0.5) is 14.8 Å². The van der Waals surface area contributed by atoms with Gasteiger partial charge in [0.05, 0.1) is 12.2 Å². The molecule has 0 saturated heterocycles. The molecule has 0 fully saturated rings. The molecule has 182 valence electrons. The van der Waals surface area contributed by atoms with Crippen molar-refractivity contribution >= 4 is 44.7 Å². The Hall–Kier alpha value is -2.36. The van der Waals surface area contributed by atoms with Crippen LogP contribution in [0.3, 0.4) is 0 Å². The van der Waals surface area contributed by atoms with Gasteiger partial charge >= 0.3 is 12.0 Å². The number of aryl methyl sites for hydroxylation is 1. The number of urea groups is 1. The third kappa shape index (κ3) is 4.48. The van der Waals surface area contributed by atoms with Crippen molar-refractivity contribution in [2.45, 2.75) is 71.5 Å². The number of carbonyl (C=O) groups is 2. The lowest BCUT2D eigenvalue weighted by atomic mass is 9.95. The number of carbonyl (C=O) groups excluding carboxylic acids is 2. The molecule has 1 unspecified atom stereocenters. The van der Waals surface area contributed by atoms with Gasteiger partial charge < -0.3 is 20.3 Å². The van der Waals surface area contributed by atoms with Crippen LogP contribution in [0, 0.1) is 0 Å². The van der Waals surface area contributed by atoms with Gasteiger partial charge in [-0.2, -0.15) is 0 Å². The van der Waals surface area contributed by atoms with E-state index in [1.54, 1.807) is 0 Å². The van der Waals surface area contributed by atoms with Gasteiger partial charge in [-0.1, -0.05) is 6.08 Å². The first kappa shape index (κ1) is 23.4. The summed E-state index contributed by atoms with van der Waals surface area (Å²) in [4.78, 5) is 30.6. The van der Waals surface area contributed by atoms with Crippen LogP contribution in [0.1, 0.15) is 69.9 Å². The fraction of sp³-hybridized carbons (Fsp3) is 0.520. The van der Waals surface area contributed by atoms with Gasteiger partial charge in [0, 0.05) is 40.6 Å². The summed E-state index contributed by atoms with van der Waals surface area (Å²) in [6, 6.07) is 0.138. The fourth-order valence-corrected chi connectivity index (χ4v) is 7.76. The smallest absolute Gasteiger partial charge is 0.341 e. The number of rotatable bonds is 6. The van der Waals surface area contributed by atoms with Crippen LogP contribution in [-0.4, -0.2) is 31.2 Å². The minimum Gasteiger partial charge on any atom is -0.462 e. The molecule has 3 aliphatic rings. The lowest BCUT2D eigenvalue weighted by Gasteiger charge is -2.23. The van der Waals surface area contributed by atoms with Crippen molar-refractivity contribution in [1.29, 1.82) is 0 Å². The van der Waals surface area contributed by atoms with Gasteiger partial charge in [0.2, 0.25) is 0 Å². The average Bonchev–Trinajstić information content (AvgIpc) is 3.52. The zero-order chi connectivity index (χ0) is 23.7. The first-order valence-electron chi connectivity index (χ1n) is 12.2. The van der Waals surface area contributed by atoms with Gasteiger partial charge in [-0.15, -0.1) is 22.7 Å². The summed E-state index contributed by atoms with van der Waals surface area (Å²) in [5, 5.41) is 11.4. The number of anilines is 2. The van der Waals surface area contributed by atoms with Crippen LogP contribution in [0.15, 0.2) is 12.3 Å². The van der Waals surface area contributed by atoms with Gasteiger partial charge in [-0.3, -0.25) is 5.32 Å². The van der Waals surface area contributed by atoms with E-state index >= 15 is 0 Å². The van der Waals surface area contributed by atoms with Crippen LogP contribution in [0.2, 0.25) is 0 Å². The molecule has 2 aromatic rings. The highest BCUT2D eigenvalue weighted by molar-refractivity contribution is 7.17. The molecule has 9 heteroatoms. The van der Waals surface area contributed by atoms with Gasteiger partial charge in [0.25, 0.3) is 0 Å². The van der Waals surface area contributed by atoms with Gasteiger partial charge in [0.1, 0.15) is 10.0 Å². The van der Waals surface area contributed by atoms with E-state index in [0.29, 0.717) is 29.8 Å². The maximum atomic E-state index is 13.0. The maximum absolute atomic E-state index is 13.0. The zero-order valence-corrected chi connectivity index (χ0v) is 21.4. The molecule has 4 heterocycles. The molecular formula is C25H32N4O3S2. The molecule has 0 aromatic carbocycles. The zero-order valence-electron chi connectivity index (χ0n) is 19.8. The molecule has 2 amide bonds. The highest BCUT2D eigenvalue weighted by Gasteiger charge is 2.29.